The fourth-order valence-corrected chi connectivity index (χ4v) is 4.59. The van der Waals surface area contributed by atoms with Crippen molar-refractivity contribution in [3.05, 3.63) is 77.5 Å². The lowest BCUT2D eigenvalue weighted by Gasteiger charge is -2.34. The summed E-state index contributed by atoms with van der Waals surface area (Å²) in [6.07, 6.45) is -1.67. The lowest BCUT2D eigenvalue weighted by atomic mass is 9.67. The maximum Gasteiger partial charge on any atom is 0.416 e. The molecule has 1 unspecified atom stereocenters. The number of fused-ring (bicyclic) bond motifs is 1. The van der Waals surface area contributed by atoms with Crippen molar-refractivity contribution >= 4 is 29.3 Å². The van der Waals surface area contributed by atoms with E-state index in [2.05, 4.69) is 15.6 Å². The van der Waals surface area contributed by atoms with Gasteiger partial charge in [-0.2, -0.15) is 13.2 Å². The average Bonchev–Trinajstić information content (AvgIpc) is 2.85. The Hall–Kier alpha value is -4.21. The molecule has 0 radical (unpaired) electrons. The number of rotatable bonds is 6. The van der Waals surface area contributed by atoms with Gasteiger partial charge in [-0.1, -0.05) is 31.2 Å². The van der Waals surface area contributed by atoms with E-state index in [-0.39, 0.29) is 23.7 Å². The maximum absolute atomic E-state index is 13.1. The summed E-state index contributed by atoms with van der Waals surface area (Å²) < 4.78 is 38.6. The molecule has 1 heterocycles. The molecule has 0 fully saturated rings. The zero-order valence-electron chi connectivity index (χ0n) is 19.9. The number of aromatic nitrogens is 1. The molecular formula is C27H24F3N3O4. The molecule has 3 N–H and O–H groups in total. The van der Waals surface area contributed by atoms with E-state index >= 15 is 0 Å². The molecule has 0 aliphatic heterocycles. The number of Topliss-reactive ketones (excluding diaryl/α,β-unsaturated/α-hetero) is 1. The van der Waals surface area contributed by atoms with Crippen LogP contribution >= 0.6 is 0 Å². The van der Waals surface area contributed by atoms with E-state index < -0.39 is 29.2 Å². The van der Waals surface area contributed by atoms with Gasteiger partial charge in [0.1, 0.15) is 5.82 Å². The molecule has 1 aliphatic carbocycles. The smallest absolute Gasteiger partial charge is 0.416 e. The molecule has 1 aromatic heterocycles. The Morgan fingerprint density at radius 2 is 1.81 bits per heavy atom. The molecule has 0 spiro atoms. The van der Waals surface area contributed by atoms with Gasteiger partial charge in [-0.05, 0) is 60.7 Å². The summed E-state index contributed by atoms with van der Waals surface area (Å²) >= 11 is 0. The van der Waals surface area contributed by atoms with Gasteiger partial charge in [0.05, 0.1) is 12.0 Å². The molecule has 0 saturated carbocycles. The van der Waals surface area contributed by atoms with Crippen LogP contribution < -0.4 is 10.6 Å². The first-order valence-electron chi connectivity index (χ1n) is 11.6. The summed E-state index contributed by atoms with van der Waals surface area (Å²) in [6.45, 7) is 1.83. The number of aliphatic carboxylic acids is 1. The molecule has 1 aliphatic rings. The van der Waals surface area contributed by atoms with Gasteiger partial charge in [-0.15, -0.1) is 0 Å². The van der Waals surface area contributed by atoms with Crippen molar-refractivity contribution in [3.63, 3.8) is 0 Å². The number of carbonyl (C=O) groups excluding carboxylic acids is 2. The lowest BCUT2D eigenvalue weighted by Crippen LogP contribution is -2.37. The van der Waals surface area contributed by atoms with Crippen molar-refractivity contribution < 1.29 is 32.7 Å². The summed E-state index contributed by atoms with van der Waals surface area (Å²) in [5.74, 6) is -0.934. The van der Waals surface area contributed by atoms with Crippen LogP contribution in [-0.2, 0) is 17.4 Å². The normalized spacial score (nSPS) is 17.1. The molecule has 3 aromatic rings. The number of ketones is 1. The molecule has 0 saturated heterocycles. The zero-order chi connectivity index (χ0) is 26.8. The zero-order valence-corrected chi connectivity index (χ0v) is 19.9. The van der Waals surface area contributed by atoms with Crippen molar-refractivity contribution in [2.24, 2.45) is 5.41 Å². The third kappa shape index (κ3) is 5.63. The summed E-state index contributed by atoms with van der Waals surface area (Å²) in [5.41, 5.74) is 1.15. The Bertz CT molecular complexity index is 1360. The molecule has 7 nitrogen and oxygen atoms in total. The van der Waals surface area contributed by atoms with Crippen molar-refractivity contribution in [1.29, 1.82) is 0 Å². The number of alkyl halides is 3. The number of carbonyl (C=O) groups is 3. The number of nitrogens with zero attached hydrogens (tertiary/aromatic N) is 1. The quantitative estimate of drug-likeness (QED) is 0.354. The Labute approximate surface area is 210 Å². The van der Waals surface area contributed by atoms with Gasteiger partial charge in [0, 0.05) is 28.4 Å². The van der Waals surface area contributed by atoms with E-state index in [1.165, 1.54) is 18.3 Å². The van der Waals surface area contributed by atoms with Gasteiger partial charge in [0.25, 0.3) is 0 Å². The van der Waals surface area contributed by atoms with Crippen LogP contribution in [0.25, 0.3) is 11.1 Å². The fourth-order valence-electron chi connectivity index (χ4n) is 4.59. The number of amides is 2. The topological polar surface area (TPSA) is 108 Å². The second-order valence-corrected chi connectivity index (χ2v) is 9.00. The molecule has 10 heteroatoms. The third-order valence-corrected chi connectivity index (χ3v) is 6.66. The molecule has 192 valence electrons. The predicted molar refractivity (Wildman–Crippen MR) is 131 cm³/mol. The van der Waals surface area contributed by atoms with Gasteiger partial charge in [-0.25, -0.2) is 9.78 Å². The van der Waals surface area contributed by atoms with E-state index in [4.69, 9.17) is 0 Å². The van der Waals surface area contributed by atoms with Crippen LogP contribution in [0.1, 0.15) is 47.7 Å². The van der Waals surface area contributed by atoms with Gasteiger partial charge in [0.2, 0.25) is 0 Å². The molecule has 0 bridgehead atoms. The minimum Gasteiger partial charge on any atom is -0.481 e. The van der Waals surface area contributed by atoms with Gasteiger partial charge in [-0.3, -0.25) is 14.9 Å². The number of carboxylic acid groups (broad SMARTS) is 1. The number of carboxylic acids is 1. The van der Waals surface area contributed by atoms with Crippen LogP contribution in [0.4, 0.5) is 29.5 Å². The van der Waals surface area contributed by atoms with E-state index in [1.807, 2.05) is 13.0 Å². The number of urea groups is 1. The predicted octanol–water partition coefficient (Wildman–Crippen LogP) is 6.41. The maximum atomic E-state index is 13.1. The SMILES string of the molecule is CCC1(CC(=O)O)CCc2cc(-c3ccc(NC(=O)Nc4cccc(C(F)(F)F)c4)nc3)ccc2C1=O. The van der Waals surface area contributed by atoms with Crippen LogP contribution in [0.5, 0.6) is 0 Å². The van der Waals surface area contributed by atoms with Gasteiger partial charge < -0.3 is 10.4 Å². The van der Waals surface area contributed by atoms with Crippen molar-refractivity contribution in [2.45, 2.75) is 38.8 Å². The number of nitrogens with one attached hydrogen (secondary N) is 2. The minimum atomic E-state index is -4.52. The summed E-state index contributed by atoms with van der Waals surface area (Å²) in [6, 6.07) is 12.2. The minimum absolute atomic E-state index is 0.0111. The first-order chi connectivity index (χ1) is 17.5. The van der Waals surface area contributed by atoms with Crippen molar-refractivity contribution in [1.82, 2.24) is 4.98 Å². The number of hydrogen-bond acceptors (Lipinski definition) is 4. The number of anilines is 2. The van der Waals surface area contributed by atoms with Crippen LogP contribution in [0.15, 0.2) is 60.8 Å². The number of aryl methyl sites for hydroxylation is 1. The Morgan fingerprint density at radius 1 is 1.05 bits per heavy atom. The fraction of sp³-hybridized carbons (Fsp3) is 0.259. The lowest BCUT2D eigenvalue weighted by molar-refractivity contribution is -0.139. The third-order valence-electron chi connectivity index (χ3n) is 6.66. The number of pyridine rings is 1. The molecule has 37 heavy (non-hydrogen) atoms. The highest BCUT2D eigenvalue weighted by molar-refractivity contribution is 6.04. The van der Waals surface area contributed by atoms with Crippen molar-refractivity contribution in [2.75, 3.05) is 10.6 Å². The second kappa shape index (κ2) is 10.0. The first-order valence-corrected chi connectivity index (χ1v) is 11.6. The van der Waals surface area contributed by atoms with Crippen LogP contribution in [0, 0.1) is 5.41 Å². The Balaban J connectivity index is 1.45. The summed E-state index contributed by atoms with van der Waals surface area (Å²) in [5, 5.41) is 14.1. The number of benzene rings is 2. The van der Waals surface area contributed by atoms with Gasteiger partial charge >= 0.3 is 18.2 Å². The number of halogens is 3. The van der Waals surface area contributed by atoms with Crippen LogP contribution in [0.2, 0.25) is 0 Å². The van der Waals surface area contributed by atoms with Gasteiger partial charge in [0.15, 0.2) is 5.78 Å². The average molecular weight is 512 g/mol. The highest BCUT2D eigenvalue weighted by Crippen LogP contribution is 2.42. The van der Waals surface area contributed by atoms with Crippen LogP contribution in [-0.4, -0.2) is 27.9 Å². The highest BCUT2D eigenvalue weighted by Gasteiger charge is 2.42. The summed E-state index contributed by atoms with van der Waals surface area (Å²) in [4.78, 5) is 40.9. The number of hydrogen-bond donors (Lipinski definition) is 3. The Kier molecular flexibility index (Phi) is 7.02. The van der Waals surface area contributed by atoms with E-state index in [1.54, 1.807) is 24.3 Å². The molecule has 4 rings (SSSR count). The van der Waals surface area contributed by atoms with E-state index in [0.29, 0.717) is 24.8 Å². The van der Waals surface area contributed by atoms with E-state index in [0.717, 1.165) is 28.8 Å². The monoisotopic (exact) mass is 511 g/mol. The first kappa shape index (κ1) is 25.9. The van der Waals surface area contributed by atoms with E-state index in [9.17, 15) is 32.7 Å². The Morgan fingerprint density at radius 3 is 2.46 bits per heavy atom. The standard InChI is InChI=1S/C27H24F3N3O4/c1-2-26(14-23(34)35)11-10-17-12-16(6-8-21(17)24(26)36)18-7-9-22(31-15-18)33-25(37)32-20-5-3-4-19(13-20)27(28,29)30/h3-9,12-13,15H,2,10-11,14H2,1H3,(H,34,35)(H2,31,32,33,37). The molecular weight excluding hydrogens is 487 g/mol. The summed E-state index contributed by atoms with van der Waals surface area (Å²) in [7, 11) is 0. The molecule has 2 aromatic carbocycles. The largest absolute Gasteiger partial charge is 0.481 e. The highest BCUT2D eigenvalue weighted by atomic mass is 19.4. The second-order valence-electron chi connectivity index (χ2n) is 9.00. The van der Waals surface area contributed by atoms with Crippen LogP contribution in [0.3, 0.4) is 0 Å². The van der Waals surface area contributed by atoms with Crippen molar-refractivity contribution in [3.8, 4) is 11.1 Å². The molecule has 2 amide bonds. The molecule has 1 atom stereocenters.